The molecule has 1 aromatic rings. The molecule has 1 aliphatic heterocycles. The van der Waals surface area contributed by atoms with E-state index in [-0.39, 0.29) is 18.6 Å². The lowest BCUT2D eigenvalue weighted by molar-refractivity contribution is 0.0676. The van der Waals surface area contributed by atoms with Crippen LogP contribution in [0.3, 0.4) is 0 Å². The van der Waals surface area contributed by atoms with Gasteiger partial charge in [0.15, 0.2) is 0 Å². The highest BCUT2D eigenvalue weighted by Gasteiger charge is 2.31. The summed E-state index contributed by atoms with van der Waals surface area (Å²) in [5, 5.41) is 16.0. The molecular weight excluding hydrogens is 206 g/mol. The van der Waals surface area contributed by atoms with Crippen LogP contribution in [0.1, 0.15) is 34.6 Å². The van der Waals surface area contributed by atoms with Gasteiger partial charge in [-0.05, 0) is 26.7 Å². The molecule has 0 bridgehead atoms. The maximum Gasteiger partial charge on any atom is 0.257 e. The van der Waals surface area contributed by atoms with Crippen molar-refractivity contribution in [2.24, 2.45) is 0 Å². The predicted octanol–water partition coefficient (Wildman–Crippen LogP) is 0.623. The van der Waals surface area contributed by atoms with Crippen LogP contribution >= 0.6 is 0 Å². The van der Waals surface area contributed by atoms with Gasteiger partial charge in [-0.15, -0.1) is 0 Å². The molecular formula is C11H17N3O2. The minimum absolute atomic E-state index is 0.0136. The zero-order chi connectivity index (χ0) is 11.7. The average molecular weight is 223 g/mol. The lowest BCUT2D eigenvalue weighted by atomic mass is 10.1. The number of H-pyrrole nitrogens is 1. The molecule has 5 nitrogen and oxygen atoms in total. The van der Waals surface area contributed by atoms with E-state index in [1.165, 1.54) is 0 Å². The number of aliphatic hydroxyl groups is 1. The van der Waals surface area contributed by atoms with Crippen molar-refractivity contribution in [1.82, 2.24) is 15.1 Å². The molecule has 1 fully saturated rings. The van der Waals surface area contributed by atoms with E-state index in [9.17, 15) is 9.90 Å². The number of rotatable bonds is 2. The van der Waals surface area contributed by atoms with E-state index in [2.05, 4.69) is 10.2 Å². The molecule has 2 rings (SSSR count). The first-order valence-corrected chi connectivity index (χ1v) is 5.58. The molecule has 0 radical (unpaired) electrons. The van der Waals surface area contributed by atoms with E-state index >= 15 is 0 Å². The fourth-order valence-corrected chi connectivity index (χ4v) is 2.30. The van der Waals surface area contributed by atoms with E-state index in [0.717, 1.165) is 30.8 Å². The smallest absolute Gasteiger partial charge is 0.257 e. The van der Waals surface area contributed by atoms with Gasteiger partial charge in [0.2, 0.25) is 0 Å². The van der Waals surface area contributed by atoms with Gasteiger partial charge in [-0.3, -0.25) is 9.89 Å². The number of carbonyl (C=O) groups excluding carboxylic acids is 1. The summed E-state index contributed by atoms with van der Waals surface area (Å²) in [6.07, 6.45) is 1.85. The average Bonchev–Trinajstić information content (AvgIpc) is 2.85. The van der Waals surface area contributed by atoms with Crippen LogP contribution in [-0.4, -0.2) is 45.3 Å². The molecule has 0 saturated carbocycles. The number of aromatic amines is 1. The number of likely N-dealkylation sites (tertiary alicyclic amines) is 1. The summed E-state index contributed by atoms with van der Waals surface area (Å²) in [4.78, 5) is 14.0. The van der Waals surface area contributed by atoms with Crippen molar-refractivity contribution in [3.05, 3.63) is 17.0 Å². The van der Waals surface area contributed by atoms with Gasteiger partial charge in [0, 0.05) is 12.2 Å². The Hall–Kier alpha value is -1.36. The van der Waals surface area contributed by atoms with Crippen LogP contribution in [0.5, 0.6) is 0 Å². The van der Waals surface area contributed by atoms with Crippen LogP contribution in [-0.2, 0) is 0 Å². The molecule has 16 heavy (non-hydrogen) atoms. The number of nitrogens with one attached hydrogen (secondary N) is 1. The fourth-order valence-electron chi connectivity index (χ4n) is 2.30. The van der Waals surface area contributed by atoms with Crippen molar-refractivity contribution in [3.8, 4) is 0 Å². The zero-order valence-electron chi connectivity index (χ0n) is 9.66. The zero-order valence-corrected chi connectivity index (χ0v) is 9.66. The van der Waals surface area contributed by atoms with Crippen LogP contribution in [0.25, 0.3) is 0 Å². The predicted molar refractivity (Wildman–Crippen MR) is 59.2 cm³/mol. The highest BCUT2D eigenvalue weighted by atomic mass is 16.3. The molecule has 1 saturated heterocycles. The maximum atomic E-state index is 12.3. The minimum Gasteiger partial charge on any atom is -0.394 e. The van der Waals surface area contributed by atoms with Gasteiger partial charge in [-0.2, -0.15) is 5.10 Å². The molecule has 1 aromatic heterocycles. The molecule has 2 heterocycles. The summed E-state index contributed by atoms with van der Waals surface area (Å²) >= 11 is 0. The summed E-state index contributed by atoms with van der Waals surface area (Å²) in [7, 11) is 0. The molecule has 5 heteroatoms. The van der Waals surface area contributed by atoms with Crippen LogP contribution in [0.2, 0.25) is 0 Å². The number of carbonyl (C=O) groups is 1. The van der Waals surface area contributed by atoms with E-state index in [4.69, 9.17) is 0 Å². The first kappa shape index (κ1) is 11.1. The van der Waals surface area contributed by atoms with Crippen LogP contribution in [0.4, 0.5) is 0 Å². The molecule has 2 N–H and O–H groups in total. The Labute approximate surface area is 94.5 Å². The van der Waals surface area contributed by atoms with E-state index in [1.807, 2.05) is 13.8 Å². The van der Waals surface area contributed by atoms with Gasteiger partial charge in [0.25, 0.3) is 5.91 Å². The summed E-state index contributed by atoms with van der Waals surface area (Å²) in [5.74, 6) is -0.0136. The molecule has 1 unspecified atom stereocenters. The Balaban J connectivity index is 2.25. The quantitative estimate of drug-likeness (QED) is 0.772. The SMILES string of the molecule is Cc1n[nH]c(C)c1C(=O)N1CCCC1CO. The molecule has 1 amide bonds. The Morgan fingerprint density at radius 2 is 2.38 bits per heavy atom. The van der Waals surface area contributed by atoms with Gasteiger partial charge >= 0.3 is 0 Å². The van der Waals surface area contributed by atoms with Crippen molar-refractivity contribution >= 4 is 5.91 Å². The molecule has 88 valence electrons. The largest absolute Gasteiger partial charge is 0.394 e. The van der Waals surface area contributed by atoms with Crippen molar-refractivity contribution in [1.29, 1.82) is 0 Å². The number of aliphatic hydroxyl groups excluding tert-OH is 1. The van der Waals surface area contributed by atoms with Gasteiger partial charge in [0.05, 0.1) is 23.9 Å². The number of nitrogens with zero attached hydrogens (tertiary/aromatic N) is 2. The summed E-state index contributed by atoms with van der Waals surface area (Å²) in [5.41, 5.74) is 2.18. The first-order chi connectivity index (χ1) is 7.65. The monoisotopic (exact) mass is 223 g/mol. The highest BCUT2D eigenvalue weighted by Crippen LogP contribution is 2.21. The fraction of sp³-hybridized carbons (Fsp3) is 0.636. The van der Waals surface area contributed by atoms with Gasteiger partial charge < -0.3 is 10.0 Å². The molecule has 0 aliphatic carbocycles. The number of aromatic nitrogens is 2. The number of hydrogen-bond acceptors (Lipinski definition) is 3. The Bertz CT molecular complexity index is 380. The molecule has 0 aromatic carbocycles. The lowest BCUT2D eigenvalue weighted by Gasteiger charge is -2.23. The first-order valence-electron chi connectivity index (χ1n) is 5.58. The summed E-state index contributed by atoms with van der Waals surface area (Å²) in [6, 6.07) is -0.0267. The van der Waals surface area contributed by atoms with Crippen molar-refractivity contribution in [3.63, 3.8) is 0 Å². The van der Waals surface area contributed by atoms with Gasteiger partial charge in [0.1, 0.15) is 0 Å². The van der Waals surface area contributed by atoms with Crippen LogP contribution < -0.4 is 0 Å². The third-order valence-electron chi connectivity index (χ3n) is 3.19. The maximum absolute atomic E-state index is 12.3. The number of aryl methyl sites for hydroxylation is 2. The number of amides is 1. The van der Waals surface area contributed by atoms with E-state index in [0.29, 0.717) is 5.56 Å². The van der Waals surface area contributed by atoms with Crippen molar-refractivity contribution in [2.75, 3.05) is 13.2 Å². The lowest BCUT2D eigenvalue weighted by Crippen LogP contribution is -2.38. The second kappa shape index (κ2) is 4.25. The molecule has 1 aliphatic rings. The van der Waals surface area contributed by atoms with Gasteiger partial charge in [-0.1, -0.05) is 0 Å². The van der Waals surface area contributed by atoms with E-state index < -0.39 is 0 Å². The second-order valence-electron chi connectivity index (χ2n) is 4.29. The Morgan fingerprint density at radius 1 is 1.62 bits per heavy atom. The summed E-state index contributed by atoms with van der Waals surface area (Å²) in [6.45, 7) is 4.44. The Kier molecular flexibility index (Phi) is 2.96. The standard InChI is InChI=1S/C11H17N3O2/c1-7-10(8(2)13-12-7)11(16)14-5-3-4-9(14)6-15/h9,15H,3-6H2,1-2H3,(H,12,13). The highest BCUT2D eigenvalue weighted by molar-refractivity contribution is 5.96. The normalized spacial score (nSPS) is 20.4. The van der Waals surface area contributed by atoms with Crippen LogP contribution in [0.15, 0.2) is 0 Å². The summed E-state index contributed by atoms with van der Waals surface area (Å²) < 4.78 is 0. The third kappa shape index (κ3) is 1.71. The Morgan fingerprint density at radius 3 is 2.94 bits per heavy atom. The van der Waals surface area contributed by atoms with Crippen molar-refractivity contribution < 1.29 is 9.90 Å². The van der Waals surface area contributed by atoms with E-state index in [1.54, 1.807) is 4.90 Å². The van der Waals surface area contributed by atoms with Crippen LogP contribution in [0, 0.1) is 13.8 Å². The van der Waals surface area contributed by atoms with Crippen molar-refractivity contribution in [2.45, 2.75) is 32.7 Å². The van der Waals surface area contributed by atoms with Gasteiger partial charge in [-0.25, -0.2) is 0 Å². The minimum atomic E-state index is -0.0267. The number of hydrogen-bond donors (Lipinski definition) is 2. The topological polar surface area (TPSA) is 69.2 Å². The molecule has 0 spiro atoms. The molecule has 1 atom stereocenters. The third-order valence-corrected chi connectivity index (χ3v) is 3.19. The second-order valence-corrected chi connectivity index (χ2v) is 4.29.